The van der Waals surface area contributed by atoms with Crippen molar-refractivity contribution in [2.24, 2.45) is 9.98 Å². The first-order valence-electron chi connectivity index (χ1n) is 15.7. The molecule has 8 rings (SSSR count). The van der Waals surface area contributed by atoms with Crippen LogP contribution in [0.15, 0.2) is 136 Å². The number of para-hydroxylation sites is 1. The maximum Gasteiger partial charge on any atom is 0.494 e. The molecule has 1 N–H and O–H groups in total. The second kappa shape index (κ2) is 10.8. The van der Waals surface area contributed by atoms with Crippen LogP contribution in [0, 0.1) is 0 Å². The highest BCUT2D eigenvalue weighted by molar-refractivity contribution is 6.62. The van der Waals surface area contributed by atoms with E-state index in [1.807, 2.05) is 54.6 Å². The molecule has 1 saturated heterocycles. The van der Waals surface area contributed by atoms with E-state index in [1.54, 1.807) is 0 Å². The predicted molar refractivity (Wildman–Crippen MR) is 187 cm³/mol. The van der Waals surface area contributed by atoms with Gasteiger partial charge in [-0.2, -0.15) is 0 Å². The van der Waals surface area contributed by atoms with E-state index in [-0.39, 0.29) is 0 Å². The average Bonchev–Trinajstić information content (AvgIpc) is 3.57. The van der Waals surface area contributed by atoms with Gasteiger partial charge in [0.1, 0.15) is 22.8 Å². The van der Waals surface area contributed by atoms with Crippen LogP contribution in [0.2, 0.25) is 0 Å². The summed E-state index contributed by atoms with van der Waals surface area (Å²) in [5.41, 5.74) is 6.79. The Labute approximate surface area is 268 Å². The lowest BCUT2D eigenvalue weighted by atomic mass is 9.77. The van der Waals surface area contributed by atoms with Crippen LogP contribution in [-0.2, 0) is 9.31 Å². The fourth-order valence-corrected chi connectivity index (χ4v) is 6.10. The summed E-state index contributed by atoms with van der Waals surface area (Å²) in [6, 6.07) is 41.3. The molecule has 5 aromatic carbocycles. The molecule has 0 amide bonds. The van der Waals surface area contributed by atoms with Gasteiger partial charge in [-0.25, -0.2) is 9.98 Å². The van der Waals surface area contributed by atoms with Gasteiger partial charge in [-0.3, -0.25) is 0 Å². The molecule has 1 fully saturated rings. The molecule has 7 heteroatoms. The Hall–Kier alpha value is -4.98. The average molecular weight is 604 g/mol. The van der Waals surface area contributed by atoms with Crippen LogP contribution in [0.3, 0.4) is 0 Å². The maximum absolute atomic E-state index is 6.48. The molecule has 6 aromatic rings. The largest absolute Gasteiger partial charge is 0.494 e. The van der Waals surface area contributed by atoms with Crippen molar-refractivity contribution in [3.05, 3.63) is 138 Å². The first-order chi connectivity index (χ1) is 22.3. The fourth-order valence-electron chi connectivity index (χ4n) is 6.10. The van der Waals surface area contributed by atoms with Crippen LogP contribution >= 0.6 is 0 Å². The zero-order valence-electron chi connectivity index (χ0n) is 26.3. The first-order valence-corrected chi connectivity index (χ1v) is 15.7. The highest BCUT2D eigenvalue weighted by atomic mass is 16.7. The topological polar surface area (TPSA) is 68.3 Å². The highest BCUT2D eigenvalue weighted by Gasteiger charge is 2.52. The molecule has 0 radical (unpaired) electrons. The van der Waals surface area contributed by atoms with Crippen LogP contribution in [0.5, 0.6) is 0 Å². The number of benzene rings is 5. The summed E-state index contributed by atoms with van der Waals surface area (Å²) in [5, 5.41) is 5.56. The monoisotopic (exact) mass is 603 g/mol. The molecule has 46 heavy (non-hydrogen) atoms. The minimum atomic E-state index is -0.493. The first kappa shape index (κ1) is 28.5. The Balaban J connectivity index is 1.22. The van der Waals surface area contributed by atoms with Crippen LogP contribution < -0.4 is 10.8 Å². The van der Waals surface area contributed by atoms with Gasteiger partial charge in [-0.05, 0) is 50.4 Å². The SMILES string of the molecule is CC1(C)OB(c2cc(-c3ccc(C4N=C(c5ccccc5)NC(c5ccccc5)=N4)cc3)c3oc4ccccc4c3c2)OC1(C)C. The van der Waals surface area contributed by atoms with Crippen LogP contribution in [0.1, 0.15) is 50.6 Å². The number of rotatable bonds is 5. The molecule has 0 bridgehead atoms. The summed E-state index contributed by atoms with van der Waals surface area (Å²) >= 11 is 0. The van der Waals surface area contributed by atoms with Gasteiger partial charge in [0.05, 0.1) is 11.2 Å². The third-order valence-electron chi connectivity index (χ3n) is 9.38. The van der Waals surface area contributed by atoms with E-state index in [1.165, 1.54) is 0 Å². The number of fused-ring (bicyclic) bond motifs is 3. The van der Waals surface area contributed by atoms with Crippen molar-refractivity contribution >= 4 is 46.2 Å². The van der Waals surface area contributed by atoms with Crippen LogP contribution in [0.25, 0.3) is 33.1 Å². The maximum atomic E-state index is 6.48. The Kier molecular flexibility index (Phi) is 6.71. The standard InChI is InChI=1S/C39H34BN3O3/c1-38(2)39(3,4)46-40(45-38)29-23-31(34-32(24-29)30-17-11-12-18-33(30)44-34)25-19-21-28(22-20-25)37-42-35(26-13-7-5-8-14-26)41-36(43-37)27-15-9-6-10-16-27/h5-24,37H,1-4H3,(H,41,42,43). The molecule has 0 spiro atoms. The van der Waals surface area contributed by atoms with Crippen LogP contribution in [0.4, 0.5) is 0 Å². The Morgan fingerprint density at radius 1 is 0.609 bits per heavy atom. The second-order valence-electron chi connectivity index (χ2n) is 12.9. The van der Waals surface area contributed by atoms with Crippen molar-refractivity contribution in [1.82, 2.24) is 5.32 Å². The van der Waals surface area contributed by atoms with Gasteiger partial charge in [-0.15, -0.1) is 0 Å². The molecule has 2 aliphatic rings. The smallest absolute Gasteiger partial charge is 0.455 e. The number of hydrogen-bond acceptors (Lipinski definition) is 6. The number of aliphatic imine (C=N–C) groups is 2. The summed E-state index contributed by atoms with van der Waals surface area (Å²) in [6.45, 7) is 8.32. The molecule has 2 aliphatic heterocycles. The van der Waals surface area contributed by atoms with E-state index in [0.29, 0.717) is 0 Å². The van der Waals surface area contributed by atoms with Gasteiger partial charge in [0.2, 0.25) is 0 Å². The van der Waals surface area contributed by atoms with Crippen molar-refractivity contribution in [2.75, 3.05) is 0 Å². The number of furan rings is 1. The number of nitrogens with one attached hydrogen (secondary N) is 1. The van der Waals surface area contributed by atoms with Gasteiger partial charge in [0, 0.05) is 27.5 Å². The number of amidine groups is 2. The van der Waals surface area contributed by atoms with E-state index >= 15 is 0 Å². The van der Waals surface area contributed by atoms with E-state index in [4.69, 9.17) is 23.7 Å². The molecule has 0 saturated carbocycles. The van der Waals surface area contributed by atoms with Crippen molar-refractivity contribution in [1.29, 1.82) is 0 Å². The van der Waals surface area contributed by atoms with E-state index in [2.05, 4.69) is 99.7 Å². The fraction of sp³-hybridized carbons (Fsp3) is 0.179. The van der Waals surface area contributed by atoms with Gasteiger partial charge in [-0.1, -0.05) is 115 Å². The summed E-state index contributed by atoms with van der Waals surface area (Å²) in [4.78, 5) is 10.1. The van der Waals surface area contributed by atoms with Gasteiger partial charge in [0.25, 0.3) is 0 Å². The number of hydrogen-bond donors (Lipinski definition) is 1. The van der Waals surface area contributed by atoms with E-state index < -0.39 is 24.5 Å². The molecule has 1 aromatic heterocycles. The Morgan fingerprint density at radius 2 is 1.17 bits per heavy atom. The zero-order valence-corrected chi connectivity index (χ0v) is 26.3. The molecular formula is C39H34BN3O3. The molecule has 3 heterocycles. The molecule has 0 atom stereocenters. The van der Waals surface area contributed by atoms with Gasteiger partial charge in [0.15, 0.2) is 6.17 Å². The van der Waals surface area contributed by atoms with Gasteiger partial charge >= 0.3 is 7.12 Å². The normalized spacial score (nSPS) is 17.6. The van der Waals surface area contributed by atoms with Crippen LogP contribution in [-0.4, -0.2) is 30.0 Å². The minimum absolute atomic E-state index is 0.400. The predicted octanol–water partition coefficient (Wildman–Crippen LogP) is 8.05. The second-order valence-corrected chi connectivity index (χ2v) is 12.9. The highest BCUT2D eigenvalue weighted by Crippen LogP contribution is 2.39. The van der Waals surface area contributed by atoms with Crippen molar-refractivity contribution in [3.8, 4) is 11.1 Å². The number of nitrogens with zero attached hydrogens (tertiary/aromatic N) is 2. The molecule has 0 aliphatic carbocycles. The van der Waals surface area contributed by atoms with Crippen molar-refractivity contribution in [3.63, 3.8) is 0 Å². The summed E-state index contributed by atoms with van der Waals surface area (Å²) in [7, 11) is -0.493. The zero-order chi connectivity index (χ0) is 31.5. The van der Waals surface area contributed by atoms with E-state index in [0.717, 1.165) is 66.9 Å². The molecule has 6 nitrogen and oxygen atoms in total. The lowest BCUT2D eigenvalue weighted by Gasteiger charge is -2.32. The molecular weight excluding hydrogens is 569 g/mol. The lowest BCUT2D eigenvalue weighted by Crippen LogP contribution is -2.41. The minimum Gasteiger partial charge on any atom is -0.455 e. The Bertz CT molecular complexity index is 2060. The Morgan fingerprint density at radius 3 is 1.78 bits per heavy atom. The van der Waals surface area contributed by atoms with Gasteiger partial charge < -0.3 is 19.0 Å². The summed E-state index contributed by atoms with van der Waals surface area (Å²) < 4.78 is 19.4. The lowest BCUT2D eigenvalue weighted by molar-refractivity contribution is 0.00578. The van der Waals surface area contributed by atoms with E-state index in [9.17, 15) is 0 Å². The molecule has 226 valence electrons. The third-order valence-corrected chi connectivity index (χ3v) is 9.38. The third kappa shape index (κ3) is 4.93. The summed E-state index contributed by atoms with van der Waals surface area (Å²) in [6.07, 6.45) is -0.400. The quantitative estimate of drug-likeness (QED) is 0.203. The summed E-state index contributed by atoms with van der Waals surface area (Å²) in [5.74, 6) is 1.59. The molecule has 0 unspecified atom stereocenters. The van der Waals surface area contributed by atoms with Crippen molar-refractivity contribution in [2.45, 2.75) is 45.1 Å². The van der Waals surface area contributed by atoms with Crippen molar-refractivity contribution < 1.29 is 13.7 Å².